The molecule has 0 aromatic heterocycles. The molecule has 0 heterocycles. The molecule has 2 amide bonds. The fourth-order valence-corrected chi connectivity index (χ4v) is 4.27. The van der Waals surface area contributed by atoms with Crippen molar-refractivity contribution in [3.8, 4) is 0 Å². The van der Waals surface area contributed by atoms with E-state index in [2.05, 4.69) is 5.32 Å². The maximum atomic E-state index is 13.1. The van der Waals surface area contributed by atoms with E-state index in [4.69, 9.17) is 23.2 Å². The monoisotopic (exact) mass is 497 g/mol. The highest BCUT2D eigenvalue weighted by Crippen LogP contribution is 2.27. The molecular formula is C22H25Cl2N3O4S. The number of thioether (sulfide) groups is 1. The molecule has 0 aliphatic heterocycles. The molecule has 0 radical (unpaired) electrons. The summed E-state index contributed by atoms with van der Waals surface area (Å²) in [5.74, 6) is 0.154. The molecule has 0 saturated heterocycles. The van der Waals surface area contributed by atoms with Crippen LogP contribution in [0.3, 0.4) is 0 Å². The van der Waals surface area contributed by atoms with Crippen LogP contribution in [0, 0.1) is 10.1 Å². The number of amides is 2. The van der Waals surface area contributed by atoms with Crippen LogP contribution in [0.2, 0.25) is 10.0 Å². The van der Waals surface area contributed by atoms with Crippen LogP contribution in [0.1, 0.15) is 31.4 Å². The molecule has 2 aromatic carbocycles. The Morgan fingerprint density at radius 3 is 2.34 bits per heavy atom. The van der Waals surface area contributed by atoms with E-state index in [0.717, 1.165) is 12.0 Å². The Labute approximate surface area is 201 Å². The van der Waals surface area contributed by atoms with Crippen molar-refractivity contribution in [3.05, 3.63) is 73.8 Å². The molecule has 0 bridgehead atoms. The number of carbonyl (C=O) groups excluding carboxylic acids is 2. The Kier molecular flexibility index (Phi) is 10.3. The van der Waals surface area contributed by atoms with Gasteiger partial charge in [-0.2, -0.15) is 0 Å². The average molecular weight is 498 g/mol. The van der Waals surface area contributed by atoms with Crippen molar-refractivity contribution in [2.75, 3.05) is 12.3 Å². The van der Waals surface area contributed by atoms with Crippen molar-refractivity contribution >= 4 is 52.5 Å². The number of nitrogens with zero attached hydrogens (tertiary/aromatic N) is 2. The summed E-state index contributed by atoms with van der Waals surface area (Å²) < 4.78 is 0. The lowest BCUT2D eigenvalue weighted by Crippen LogP contribution is -2.48. The van der Waals surface area contributed by atoms with Crippen LogP contribution in [0.15, 0.2) is 42.5 Å². The van der Waals surface area contributed by atoms with Gasteiger partial charge in [-0.3, -0.25) is 19.7 Å². The largest absolute Gasteiger partial charge is 0.354 e. The second-order valence-electron chi connectivity index (χ2n) is 7.11. The van der Waals surface area contributed by atoms with Crippen LogP contribution in [0.4, 0.5) is 5.69 Å². The summed E-state index contributed by atoms with van der Waals surface area (Å²) in [7, 11) is 0. The minimum Gasteiger partial charge on any atom is -0.354 e. The van der Waals surface area contributed by atoms with E-state index in [-0.39, 0.29) is 29.8 Å². The number of nitro groups is 1. The molecule has 2 aromatic rings. The lowest BCUT2D eigenvalue weighted by Gasteiger charge is -2.29. The minimum absolute atomic E-state index is 0.0181. The Hall–Kier alpha value is -2.29. The summed E-state index contributed by atoms with van der Waals surface area (Å²) in [6.45, 7) is 4.25. The van der Waals surface area contributed by atoms with Crippen molar-refractivity contribution in [1.82, 2.24) is 10.2 Å². The van der Waals surface area contributed by atoms with Crippen molar-refractivity contribution < 1.29 is 14.5 Å². The van der Waals surface area contributed by atoms with Gasteiger partial charge in [0.25, 0.3) is 5.69 Å². The van der Waals surface area contributed by atoms with E-state index < -0.39 is 11.0 Å². The molecule has 172 valence electrons. The van der Waals surface area contributed by atoms with Crippen LogP contribution in [0.25, 0.3) is 0 Å². The quantitative estimate of drug-likeness (QED) is 0.345. The number of non-ortho nitro benzene ring substituents is 1. The molecule has 10 heteroatoms. The topological polar surface area (TPSA) is 92.6 Å². The van der Waals surface area contributed by atoms with Gasteiger partial charge in [-0.15, -0.1) is 11.8 Å². The van der Waals surface area contributed by atoms with Crippen molar-refractivity contribution in [3.63, 3.8) is 0 Å². The molecule has 1 N–H and O–H groups in total. The average Bonchev–Trinajstić information content (AvgIpc) is 2.77. The third kappa shape index (κ3) is 7.39. The summed E-state index contributed by atoms with van der Waals surface area (Å²) in [5.41, 5.74) is 1.46. The normalized spacial score (nSPS) is 11.6. The Morgan fingerprint density at radius 1 is 1.16 bits per heavy atom. The first-order valence-electron chi connectivity index (χ1n) is 10.1. The molecule has 0 fully saturated rings. The highest BCUT2D eigenvalue weighted by Gasteiger charge is 2.27. The molecule has 0 unspecified atom stereocenters. The fraction of sp³-hybridized carbons (Fsp3) is 0.364. The molecule has 1 atom stereocenters. The second kappa shape index (κ2) is 12.7. The smallest absolute Gasteiger partial charge is 0.269 e. The van der Waals surface area contributed by atoms with Gasteiger partial charge in [0.2, 0.25) is 11.8 Å². The van der Waals surface area contributed by atoms with Crippen molar-refractivity contribution in [1.29, 1.82) is 0 Å². The van der Waals surface area contributed by atoms with Gasteiger partial charge in [0.1, 0.15) is 6.04 Å². The molecule has 32 heavy (non-hydrogen) atoms. The summed E-state index contributed by atoms with van der Waals surface area (Å²) >= 11 is 13.9. The van der Waals surface area contributed by atoms with Gasteiger partial charge in [0.15, 0.2) is 0 Å². The van der Waals surface area contributed by atoms with Crippen LogP contribution in [0.5, 0.6) is 0 Å². The third-order valence-electron chi connectivity index (χ3n) is 4.75. The number of carbonyl (C=O) groups is 2. The molecule has 0 saturated carbocycles. The van der Waals surface area contributed by atoms with E-state index >= 15 is 0 Å². The lowest BCUT2D eigenvalue weighted by molar-refractivity contribution is -0.384. The predicted molar refractivity (Wildman–Crippen MR) is 129 cm³/mol. The Balaban J connectivity index is 2.10. The van der Waals surface area contributed by atoms with Gasteiger partial charge >= 0.3 is 0 Å². The molecule has 2 rings (SSSR count). The molecular weight excluding hydrogens is 473 g/mol. The van der Waals surface area contributed by atoms with Crippen molar-refractivity contribution in [2.45, 2.75) is 38.6 Å². The second-order valence-corrected chi connectivity index (χ2v) is 8.91. The van der Waals surface area contributed by atoms with E-state index in [1.807, 2.05) is 6.92 Å². The Bertz CT molecular complexity index is 936. The number of rotatable bonds is 11. The molecule has 0 aliphatic rings. The first-order chi connectivity index (χ1) is 15.2. The van der Waals surface area contributed by atoms with E-state index in [9.17, 15) is 19.7 Å². The first-order valence-corrected chi connectivity index (χ1v) is 12.0. The van der Waals surface area contributed by atoms with Crippen LogP contribution in [-0.2, 0) is 21.9 Å². The number of benzene rings is 2. The zero-order valence-corrected chi connectivity index (χ0v) is 20.2. The van der Waals surface area contributed by atoms with E-state index in [1.54, 1.807) is 37.3 Å². The van der Waals surface area contributed by atoms with E-state index in [1.165, 1.54) is 28.8 Å². The van der Waals surface area contributed by atoms with Gasteiger partial charge in [0.05, 0.1) is 10.7 Å². The highest BCUT2D eigenvalue weighted by atomic mass is 35.5. The van der Waals surface area contributed by atoms with Gasteiger partial charge in [0, 0.05) is 46.6 Å². The number of nitro benzene ring substituents is 1. The summed E-state index contributed by atoms with van der Waals surface area (Å²) in [6.07, 6.45) is 0.786. The van der Waals surface area contributed by atoms with Crippen LogP contribution >= 0.6 is 35.0 Å². The summed E-state index contributed by atoms with van der Waals surface area (Å²) in [5, 5.41) is 14.4. The lowest BCUT2D eigenvalue weighted by atomic mass is 10.1. The number of nitrogens with one attached hydrogen (secondary N) is 1. The van der Waals surface area contributed by atoms with Gasteiger partial charge in [-0.25, -0.2) is 0 Å². The maximum Gasteiger partial charge on any atom is 0.269 e. The standard InChI is InChI=1S/C22H25Cl2N3O4S/c1-3-11-25-22(29)15(2)26(12-18-19(23)5-4-6-20(18)24)21(28)14-32-13-16-7-9-17(10-8-16)27(30)31/h4-10,15H,3,11-14H2,1-2H3,(H,25,29)/t15-/m1/s1. The SMILES string of the molecule is CCCNC(=O)[C@@H](C)N(Cc1c(Cl)cccc1Cl)C(=O)CSCc1ccc([N+](=O)[O-])cc1. The Morgan fingerprint density at radius 2 is 1.78 bits per heavy atom. The minimum atomic E-state index is -0.707. The third-order valence-corrected chi connectivity index (χ3v) is 6.44. The maximum absolute atomic E-state index is 13.1. The fourth-order valence-electron chi connectivity index (χ4n) is 2.89. The summed E-state index contributed by atoms with van der Waals surface area (Å²) in [4.78, 5) is 37.4. The predicted octanol–water partition coefficient (Wildman–Crippen LogP) is 5.08. The summed E-state index contributed by atoms with van der Waals surface area (Å²) in [6, 6.07) is 10.6. The molecule has 7 nitrogen and oxygen atoms in total. The molecule has 0 spiro atoms. The first kappa shape index (κ1) is 26.0. The van der Waals surface area contributed by atoms with Gasteiger partial charge < -0.3 is 10.2 Å². The van der Waals surface area contributed by atoms with Crippen molar-refractivity contribution in [2.24, 2.45) is 0 Å². The van der Waals surface area contributed by atoms with Crippen LogP contribution in [-0.4, -0.2) is 40.0 Å². The number of hydrogen-bond acceptors (Lipinski definition) is 5. The number of halogens is 2. The van der Waals surface area contributed by atoms with E-state index in [0.29, 0.717) is 27.9 Å². The highest BCUT2D eigenvalue weighted by molar-refractivity contribution is 7.99. The van der Waals surface area contributed by atoms with Gasteiger partial charge in [-0.1, -0.05) is 48.3 Å². The number of hydrogen-bond donors (Lipinski definition) is 1. The zero-order chi connectivity index (χ0) is 23.7. The molecule has 0 aliphatic carbocycles. The van der Waals surface area contributed by atoms with Crippen LogP contribution < -0.4 is 5.32 Å². The van der Waals surface area contributed by atoms with Gasteiger partial charge in [-0.05, 0) is 31.0 Å². The zero-order valence-electron chi connectivity index (χ0n) is 17.8.